The van der Waals surface area contributed by atoms with Gasteiger partial charge in [-0.25, -0.2) is 4.79 Å². The van der Waals surface area contributed by atoms with Crippen molar-refractivity contribution in [2.24, 2.45) is 0 Å². The molecule has 0 radical (unpaired) electrons. The van der Waals surface area contributed by atoms with Crippen LogP contribution >= 0.6 is 11.6 Å². The van der Waals surface area contributed by atoms with Gasteiger partial charge < -0.3 is 20.7 Å². The Balaban J connectivity index is 2.71. The molecule has 3 N–H and O–H groups in total. The number of urea groups is 1. The Morgan fingerprint density at radius 1 is 1.37 bits per heavy atom. The van der Waals surface area contributed by atoms with Gasteiger partial charge >= 0.3 is 6.03 Å². The molecule has 1 aromatic rings. The lowest BCUT2D eigenvalue weighted by Gasteiger charge is -2.10. The van der Waals surface area contributed by atoms with Gasteiger partial charge in [-0.05, 0) is 18.2 Å². The molecule has 6 nitrogen and oxygen atoms in total. The molecule has 1 rings (SSSR count). The molecule has 1 aromatic carbocycles. The zero-order chi connectivity index (χ0) is 14.3. The van der Waals surface area contributed by atoms with Crippen LogP contribution in [0.1, 0.15) is 10.4 Å². The Hall–Kier alpha value is -1.79. The number of rotatable bonds is 5. The van der Waals surface area contributed by atoms with Crippen LogP contribution in [0.2, 0.25) is 5.02 Å². The molecule has 0 unspecified atom stereocenters. The summed E-state index contributed by atoms with van der Waals surface area (Å²) in [5.74, 6) is -0.250. The van der Waals surface area contributed by atoms with Crippen LogP contribution in [0, 0.1) is 0 Å². The highest BCUT2D eigenvalue weighted by molar-refractivity contribution is 6.33. The standard InChI is InChI=1S/C12H16ClN3O3/c1-14-11(17)8-3-4-9(13)10(7-8)16-12(18)15-5-6-19-2/h3-4,7H,5-6H2,1-2H3,(H,14,17)(H2,15,16,18). The van der Waals surface area contributed by atoms with E-state index in [2.05, 4.69) is 16.0 Å². The van der Waals surface area contributed by atoms with E-state index >= 15 is 0 Å². The maximum absolute atomic E-state index is 11.6. The number of hydrogen-bond acceptors (Lipinski definition) is 3. The smallest absolute Gasteiger partial charge is 0.319 e. The molecule has 104 valence electrons. The van der Waals surface area contributed by atoms with Crippen molar-refractivity contribution in [2.75, 3.05) is 32.6 Å². The molecule has 19 heavy (non-hydrogen) atoms. The van der Waals surface area contributed by atoms with E-state index in [1.165, 1.54) is 13.1 Å². The fraction of sp³-hybridized carbons (Fsp3) is 0.333. The minimum Gasteiger partial charge on any atom is -0.383 e. The van der Waals surface area contributed by atoms with Crippen molar-refractivity contribution in [2.45, 2.75) is 0 Å². The molecular formula is C12H16ClN3O3. The number of amides is 3. The topological polar surface area (TPSA) is 79.5 Å². The van der Waals surface area contributed by atoms with Crippen molar-refractivity contribution in [1.29, 1.82) is 0 Å². The first-order valence-corrected chi connectivity index (χ1v) is 6.01. The first-order chi connectivity index (χ1) is 9.08. The number of benzene rings is 1. The van der Waals surface area contributed by atoms with Gasteiger partial charge in [-0.1, -0.05) is 11.6 Å². The number of carbonyl (C=O) groups excluding carboxylic acids is 2. The van der Waals surface area contributed by atoms with Crippen molar-refractivity contribution < 1.29 is 14.3 Å². The number of hydrogen-bond donors (Lipinski definition) is 3. The lowest BCUT2D eigenvalue weighted by atomic mass is 10.2. The van der Waals surface area contributed by atoms with Crippen LogP contribution in [-0.4, -0.2) is 39.2 Å². The van der Waals surface area contributed by atoms with Gasteiger partial charge in [0.05, 0.1) is 17.3 Å². The lowest BCUT2D eigenvalue weighted by molar-refractivity contribution is 0.0963. The van der Waals surface area contributed by atoms with E-state index in [1.54, 1.807) is 19.2 Å². The van der Waals surface area contributed by atoms with Gasteiger partial charge in [0.2, 0.25) is 0 Å². The highest BCUT2D eigenvalue weighted by Crippen LogP contribution is 2.22. The van der Waals surface area contributed by atoms with Crippen LogP contribution in [0.3, 0.4) is 0 Å². The molecule has 7 heteroatoms. The predicted molar refractivity (Wildman–Crippen MR) is 73.7 cm³/mol. The van der Waals surface area contributed by atoms with Crippen LogP contribution in [0.15, 0.2) is 18.2 Å². The summed E-state index contributed by atoms with van der Waals surface area (Å²) in [5, 5.41) is 8.01. The van der Waals surface area contributed by atoms with Gasteiger partial charge in [0, 0.05) is 26.3 Å². The van der Waals surface area contributed by atoms with Gasteiger partial charge in [0.1, 0.15) is 0 Å². The second-order valence-corrected chi connectivity index (χ2v) is 4.05. The van der Waals surface area contributed by atoms with Crippen LogP contribution in [0.4, 0.5) is 10.5 Å². The van der Waals surface area contributed by atoms with Gasteiger partial charge in [0.15, 0.2) is 0 Å². The molecule has 0 aliphatic carbocycles. The van der Waals surface area contributed by atoms with E-state index in [0.717, 1.165) is 0 Å². The van der Waals surface area contributed by atoms with Crippen molar-refractivity contribution in [3.8, 4) is 0 Å². The fourth-order valence-corrected chi connectivity index (χ4v) is 1.50. The number of anilines is 1. The molecule has 0 aliphatic heterocycles. The lowest BCUT2D eigenvalue weighted by Crippen LogP contribution is -2.31. The molecule has 0 spiro atoms. The Labute approximate surface area is 116 Å². The van der Waals surface area contributed by atoms with Crippen molar-refractivity contribution in [3.05, 3.63) is 28.8 Å². The molecule has 0 saturated carbocycles. The quantitative estimate of drug-likeness (QED) is 0.717. The molecule has 0 saturated heterocycles. The number of ether oxygens (including phenoxy) is 1. The monoisotopic (exact) mass is 285 g/mol. The molecule has 0 atom stereocenters. The molecule has 0 fully saturated rings. The van der Waals surface area contributed by atoms with Crippen molar-refractivity contribution >= 4 is 29.2 Å². The first-order valence-electron chi connectivity index (χ1n) is 5.64. The van der Waals surface area contributed by atoms with Crippen LogP contribution in [0.5, 0.6) is 0 Å². The number of halogens is 1. The fourth-order valence-electron chi connectivity index (χ4n) is 1.34. The number of nitrogens with one attached hydrogen (secondary N) is 3. The Bertz CT molecular complexity index is 466. The number of methoxy groups -OCH3 is 1. The van der Waals surface area contributed by atoms with E-state index in [-0.39, 0.29) is 5.91 Å². The summed E-state index contributed by atoms with van der Waals surface area (Å²) >= 11 is 5.95. The molecule has 0 aliphatic rings. The minimum absolute atomic E-state index is 0.250. The predicted octanol–water partition coefficient (Wildman–Crippen LogP) is 1.47. The highest BCUT2D eigenvalue weighted by atomic mass is 35.5. The molecule has 0 aromatic heterocycles. The van der Waals surface area contributed by atoms with E-state index < -0.39 is 6.03 Å². The third-order valence-electron chi connectivity index (χ3n) is 2.30. The van der Waals surface area contributed by atoms with Gasteiger partial charge in [-0.15, -0.1) is 0 Å². The Morgan fingerprint density at radius 3 is 2.74 bits per heavy atom. The maximum atomic E-state index is 11.6. The average molecular weight is 286 g/mol. The summed E-state index contributed by atoms with van der Waals surface area (Å²) in [6.45, 7) is 0.800. The Kier molecular flexibility index (Phi) is 6.11. The zero-order valence-corrected chi connectivity index (χ0v) is 11.5. The second kappa shape index (κ2) is 7.60. The molecule has 3 amide bonds. The Morgan fingerprint density at radius 2 is 2.11 bits per heavy atom. The van der Waals surface area contributed by atoms with Crippen LogP contribution < -0.4 is 16.0 Å². The first kappa shape index (κ1) is 15.3. The summed E-state index contributed by atoms with van der Waals surface area (Å²) < 4.78 is 4.81. The third kappa shape index (κ3) is 4.76. The van der Waals surface area contributed by atoms with E-state index in [4.69, 9.17) is 16.3 Å². The number of carbonyl (C=O) groups is 2. The van der Waals surface area contributed by atoms with Gasteiger partial charge in [-0.2, -0.15) is 0 Å². The SMILES string of the molecule is CNC(=O)c1ccc(Cl)c(NC(=O)NCCOC)c1. The summed E-state index contributed by atoms with van der Waals surface area (Å²) in [6.07, 6.45) is 0. The summed E-state index contributed by atoms with van der Waals surface area (Å²) in [6, 6.07) is 4.23. The summed E-state index contributed by atoms with van der Waals surface area (Å²) in [7, 11) is 3.07. The maximum Gasteiger partial charge on any atom is 0.319 e. The highest BCUT2D eigenvalue weighted by Gasteiger charge is 2.09. The molecular weight excluding hydrogens is 270 g/mol. The van der Waals surface area contributed by atoms with Crippen LogP contribution in [0.25, 0.3) is 0 Å². The minimum atomic E-state index is -0.409. The van der Waals surface area contributed by atoms with Crippen molar-refractivity contribution in [1.82, 2.24) is 10.6 Å². The van der Waals surface area contributed by atoms with Gasteiger partial charge in [0.25, 0.3) is 5.91 Å². The van der Waals surface area contributed by atoms with Crippen molar-refractivity contribution in [3.63, 3.8) is 0 Å². The zero-order valence-electron chi connectivity index (χ0n) is 10.7. The van der Waals surface area contributed by atoms with Gasteiger partial charge in [-0.3, -0.25) is 4.79 Å². The van der Waals surface area contributed by atoms with E-state index in [1.807, 2.05) is 0 Å². The van der Waals surface area contributed by atoms with Crippen LogP contribution in [-0.2, 0) is 4.74 Å². The summed E-state index contributed by atoms with van der Waals surface area (Å²) in [5.41, 5.74) is 0.789. The second-order valence-electron chi connectivity index (χ2n) is 3.65. The largest absolute Gasteiger partial charge is 0.383 e. The molecule has 0 bridgehead atoms. The third-order valence-corrected chi connectivity index (χ3v) is 2.63. The average Bonchev–Trinajstić information content (AvgIpc) is 2.40. The van der Waals surface area contributed by atoms with E-state index in [0.29, 0.717) is 29.4 Å². The normalized spacial score (nSPS) is 9.84. The summed E-state index contributed by atoms with van der Waals surface area (Å²) in [4.78, 5) is 23.0. The molecule has 0 heterocycles. The van der Waals surface area contributed by atoms with E-state index in [9.17, 15) is 9.59 Å².